The van der Waals surface area contributed by atoms with Gasteiger partial charge in [-0.15, -0.1) is 0 Å². The van der Waals surface area contributed by atoms with Crippen LogP contribution in [0.5, 0.6) is 11.5 Å². The van der Waals surface area contributed by atoms with Gasteiger partial charge in [0.2, 0.25) is 0 Å². The van der Waals surface area contributed by atoms with E-state index in [4.69, 9.17) is 4.74 Å². The van der Waals surface area contributed by atoms with Gasteiger partial charge in [-0.1, -0.05) is 18.2 Å². The first kappa shape index (κ1) is 14.3. The van der Waals surface area contributed by atoms with E-state index in [1.807, 2.05) is 13.0 Å². The van der Waals surface area contributed by atoms with Crippen LogP contribution in [0.3, 0.4) is 0 Å². The highest BCUT2D eigenvalue weighted by atomic mass is 19.1. The zero-order valence-electron chi connectivity index (χ0n) is 11.6. The van der Waals surface area contributed by atoms with E-state index in [1.165, 1.54) is 19.2 Å². The summed E-state index contributed by atoms with van der Waals surface area (Å²) >= 11 is 0. The molecule has 2 N–H and O–H groups in total. The summed E-state index contributed by atoms with van der Waals surface area (Å²) in [5.74, 6) is 0.350. The fourth-order valence-electron chi connectivity index (χ4n) is 1.99. The quantitative estimate of drug-likeness (QED) is 0.879. The maximum Gasteiger partial charge on any atom is 0.160 e. The van der Waals surface area contributed by atoms with Crippen molar-refractivity contribution in [2.24, 2.45) is 0 Å². The number of hydrogen-bond donors (Lipinski definition) is 2. The highest BCUT2D eigenvalue weighted by Gasteiger charge is 2.06. The third-order valence-electron chi connectivity index (χ3n) is 3.23. The fraction of sp³-hybridized carbons (Fsp3) is 0.250. The molecule has 2 aromatic rings. The lowest BCUT2D eigenvalue weighted by molar-refractivity contribution is 0.373. The van der Waals surface area contributed by atoms with Gasteiger partial charge in [-0.05, 0) is 42.3 Å². The number of nitrogens with one attached hydrogen (secondary N) is 1. The summed E-state index contributed by atoms with van der Waals surface area (Å²) < 4.78 is 17.9. The van der Waals surface area contributed by atoms with Crippen LogP contribution in [-0.2, 0) is 6.54 Å². The van der Waals surface area contributed by atoms with Gasteiger partial charge in [-0.2, -0.15) is 0 Å². The number of phenolic OH excluding ortho intramolecular Hbond substituents is 1. The molecular weight excluding hydrogens is 257 g/mol. The van der Waals surface area contributed by atoms with Crippen LogP contribution in [0, 0.1) is 5.82 Å². The second-order valence-electron chi connectivity index (χ2n) is 4.66. The molecule has 0 bridgehead atoms. The lowest BCUT2D eigenvalue weighted by Gasteiger charge is -2.15. The molecule has 0 fully saturated rings. The zero-order chi connectivity index (χ0) is 14.5. The second kappa shape index (κ2) is 6.39. The minimum atomic E-state index is -0.235. The van der Waals surface area contributed by atoms with Crippen molar-refractivity contribution in [1.29, 1.82) is 0 Å². The van der Waals surface area contributed by atoms with Crippen LogP contribution in [0.2, 0.25) is 0 Å². The Labute approximate surface area is 118 Å². The van der Waals surface area contributed by atoms with Gasteiger partial charge in [0.15, 0.2) is 11.5 Å². The van der Waals surface area contributed by atoms with Crippen molar-refractivity contribution in [2.75, 3.05) is 7.11 Å². The fourth-order valence-corrected chi connectivity index (χ4v) is 1.99. The van der Waals surface area contributed by atoms with Crippen molar-refractivity contribution in [2.45, 2.75) is 19.5 Å². The summed E-state index contributed by atoms with van der Waals surface area (Å²) in [6.45, 7) is 2.62. The normalized spacial score (nSPS) is 12.2. The Balaban J connectivity index is 1.97. The van der Waals surface area contributed by atoms with Crippen LogP contribution >= 0.6 is 0 Å². The van der Waals surface area contributed by atoms with Crippen LogP contribution in [0.25, 0.3) is 0 Å². The Morgan fingerprint density at radius 3 is 2.50 bits per heavy atom. The molecule has 20 heavy (non-hydrogen) atoms. The van der Waals surface area contributed by atoms with Gasteiger partial charge >= 0.3 is 0 Å². The summed E-state index contributed by atoms with van der Waals surface area (Å²) in [5.41, 5.74) is 1.97. The van der Waals surface area contributed by atoms with Crippen molar-refractivity contribution in [3.05, 3.63) is 59.4 Å². The minimum absolute atomic E-state index is 0.0971. The van der Waals surface area contributed by atoms with Crippen molar-refractivity contribution in [3.63, 3.8) is 0 Å². The third-order valence-corrected chi connectivity index (χ3v) is 3.23. The number of halogens is 1. The largest absolute Gasteiger partial charge is 0.504 e. The second-order valence-corrected chi connectivity index (χ2v) is 4.66. The SMILES string of the molecule is COc1ccc(CN[C@@H](C)c2ccc(F)cc2)cc1O. The van der Waals surface area contributed by atoms with E-state index in [-0.39, 0.29) is 17.6 Å². The Morgan fingerprint density at radius 1 is 1.20 bits per heavy atom. The minimum Gasteiger partial charge on any atom is -0.504 e. The van der Waals surface area contributed by atoms with E-state index in [9.17, 15) is 9.50 Å². The molecule has 0 saturated carbocycles. The number of aromatic hydroxyl groups is 1. The van der Waals surface area contributed by atoms with Crippen molar-refractivity contribution in [1.82, 2.24) is 5.32 Å². The summed E-state index contributed by atoms with van der Waals surface area (Å²) in [5, 5.41) is 13.0. The number of hydrogen-bond acceptors (Lipinski definition) is 3. The molecule has 3 nitrogen and oxygen atoms in total. The maximum absolute atomic E-state index is 12.9. The molecule has 0 aromatic heterocycles. The van der Waals surface area contributed by atoms with Crippen LogP contribution in [-0.4, -0.2) is 12.2 Å². The molecule has 0 amide bonds. The van der Waals surface area contributed by atoms with Crippen LogP contribution in [0.15, 0.2) is 42.5 Å². The van der Waals surface area contributed by atoms with Gasteiger partial charge in [0.25, 0.3) is 0 Å². The Bertz CT molecular complexity index is 569. The van der Waals surface area contributed by atoms with Gasteiger partial charge < -0.3 is 15.2 Å². The zero-order valence-corrected chi connectivity index (χ0v) is 11.6. The average molecular weight is 275 g/mol. The lowest BCUT2D eigenvalue weighted by atomic mass is 10.1. The summed E-state index contributed by atoms with van der Waals surface area (Å²) in [7, 11) is 1.52. The van der Waals surface area contributed by atoms with E-state index in [2.05, 4.69) is 5.32 Å². The van der Waals surface area contributed by atoms with E-state index in [0.717, 1.165) is 11.1 Å². The molecule has 2 rings (SSSR count). The molecule has 4 heteroatoms. The molecule has 0 radical (unpaired) electrons. The molecule has 0 aliphatic rings. The first-order valence-corrected chi connectivity index (χ1v) is 6.45. The van der Waals surface area contributed by atoms with Crippen molar-refractivity contribution in [3.8, 4) is 11.5 Å². The van der Waals surface area contributed by atoms with Crippen molar-refractivity contribution < 1.29 is 14.2 Å². The van der Waals surface area contributed by atoms with Gasteiger partial charge in [-0.25, -0.2) is 4.39 Å². The molecule has 0 unspecified atom stereocenters. The Morgan fingerprint density at radius 2 is 1.90 bits per heavy atom. The third kappa shape index (κ3) is 3.48. The van der Waals surface area contributed by atoms with E-state index >= 15 is 0 Å². The first-order valence-electron chi connectivity index (χ1n) is 6.45. The molecule has 2 aromatic carbocycles. The number of methoxy groups -OCH3 is 1. The van der Waals surface area contributed by atoms with Gasteiger partial charge in [0.05, 0.1) is 7.11 Å². The highest BCUT2D eigenvalue weighted by molar-refractivity contribution is 5.41. The molecule has 1 atom stereocenters. The predicted octanol–water partition coefficient (Wildman–Crippen LogP) is 3.39. The molecular formula is C16H18FNO2. The maximum atomic E-state index is 12.9. The average Bonchev–Trinajstić information content (AvgIpc) is 2.45. The summed E-state index contributed by atoms with van der Waals surface area (Å²) in [6.07, 6.45) is 0. The lowest BCUT2D eigenvalue weighted by Crippen LogP contribution is -2.18. The monoisotopic (exact) mass is 275 g/mol. The molecule has 106 valence electrons. The molecule has 0 spiro atoms. The summed E-state index contributed by atoms with van der Waals surface area (Å²) in [4.78, 5) is 0. The number of phenols is 1. The number of ether oxygens (including phenoxy) is 1. The first-order chi connectivity index (χ1) is 9.60. The smallest absolute Gasteiger partial charge is 0.160 e. The number of benzene rings is 2. The van der Waals surface area contributed by atoms with Gasteiger partial charge in [-0.3, -0.25) is 0 Å². The predicted molar refractivity (Wildman–Crippen MR) is 76.3 cm³/mol. The van der Waals surface area contributed by atoms with E-state index in [1.54, 1.807) is 24.3 Å². The molecule has 0 saturated heterocycles. The van der Waals surface area contributed by atoms with Crippen LogP contribution in [0.1, 0.15) is 24.1 Å². The molecule has 0 aliphatic heterocycles. The Hall–Kier alpha value is -2.07. The molecule has 0 heterocycles. The van der Waals surface area contributed by atoms with Gasteiger partial charge in [0.1, 0.15) is 5.82 Å². The van der Waals surface area contributed by atoms with Crippen molar-refractivity contribution >= 4 is 0 Å². The highest BCUT2D eigenvalue weighted by Crippen LogP contribution is 2.26. The van der Waals surface area contributed by atoms with Gasteiger partial charge in [0, 0.05) is 12.6 Å². The van der Waals surface area contributed by atoms with Crippen LogP contribution in [0.4, 0.5) is 4.39 Å². The Kier molecular flexibility index (Phi) is 4.58. The van der Waals surface area contributed by atoms with E-state index < -0.39 is 0 Å². The standard InChI is InChI=1S/C16H18FNO2/c1-11(13-4-6-14(17)7-5-13)18-10-12-3-8-16(20-2)15(19)9-12/h3-9,11,18-19H,10H2,1-2H3/t11-/m0/s1. The van der Waals surface area contributed by atoms with E-state index in [0.29, 0.717) is 12.3 Å². The topological polar surface area (TPSA) is 41.5 Å². The number of rotatable bonds is 5. The molecule has 0 aliphatic carbocycles. The summed E-state index contributed by atoms with van der Waals surface area (Å²) in [6, 6.07) is 11.8. The van der Waals surface area contributed by atoms with Crippen LogP contribution < -0.4 is 10.1 Å².